The maximum atomic E-state index is 12.6. The van der Waals surface area contributed by atoms with Gasteiger partial charge in [-0.25, -0.2) is 0 Å². The van der Waals surface area contributed by atoms with Crippen molar-refractivity contribution in [3.8, 4) is 0 Å². The first-order valence-electron chi connectivity index (χ1n) is 7.22. The van der Waals surface area contributed by atoms with Crippen LogP contribution in [-0.2, 0) is 16.1 Å². The van der Waals surface area contributed by atoms with E-state index in [0.29, 0.717) is 13.0 Å². The Bertz CT molecular complexity index is 490. The predicted molar refractivity (Wildman–Crippen MR) is 70.7 cm³/mol. The van der Waals surface area contributed by atoms with Gasteiger partial charge < -0.3 is 14.4 Å². The molecule has 5 heteroatoms. The molecule has 2 fully saturated rings. The van der Waals surface area contributed by atoms with E-state index in [4.69, 9.17) is 9.52 Å². The van der Waals surface area contributed by atoms with Crippen molar-refractivity contribution < 1.29 is 19.1 Å². The van der Waals surface area contributed by atoms with Crippen molar-refractivity contribution in [3.05, 3.63) is 24.2 Å². The van der Waals surface area contributed by atoms with Gasteiger partial charge in [-0.3, -0.25) is 9.59 Å². The normalized spacial score (nSPS) is 25.6. The fourth-order valence-corrected chi connectivity index (χ4v) is 3.13. The molecular formula is C15H19NO4. The van der Waals surface area contributed by atoms with Crippen molar-refractivity contribution in [2.75, 3.05) is 0 Å². The van der Waals surface area contributed by atoms with E-state index in [1.807, 2.05) is 17.0 Å². The van der Waals surface area contributed by atoms with E-state index < -0.39 is 11.9 Å². The first kappa shape index (κ1) is 13.2. The Morgan fingerprint density at radius 2 is 2.05 bits per heavy atom. The molecule has 0 spiro atoms. The molecular weight excluding hydrogens is 258 g/mol. The van der Waals surface area contributed by atoms with Gasteiger partial charge in [0.1, 0.15) is 5.76 Å². The summed E-state index contributed by atoms with van der Waals surface area (Å²) in [6.07, 6.45) is 6.38. The second kappa shape index (κ2) is 5.31. The third kappa shape index (κ3) is 2.57. The monoisotopic (exact) mass is 277 g/mol. The average molecular weight is 277 g/mol. The van der Waals surface area contributed by atoms with E-state index in [1.54, 1.807) is 6.26 Å². The van der Waals surface area contributed by atoms with Crippen LogP contribution in [0.1, 0.15) is 37.9 Å². The van der Waals surface area contributed by atoms with E-state index in [1.165, 1.54) is 0 Å². The van der Waals surface area contributed by atoms with Crippen LogP contribution >= 0.6 is 0 Å². The first-order valence-corrected chi connectivity index (χ1v) is 7.22. The number of amides is 1. The second-order valence-corrected chi connectivity index (χ2v) is 5.77. The van der Waals surface area contributed by atoms with E-state index >= 15 is 0 Å². The highest BCUT2D eigenvalue weighted by Gasteiger charge is 2.50. The minimum Gasteiger partial charge on any atom is -0.481 e. The second-order valence-electron chi connectivity index (χ2n) is 5.77. The highest BCUT2D eigenvalue weighted by molar-refractivity contribution is 5.89. The summed E-state index contributed by atoms with van der Waals surface area (Å²) >= 11 is 0. The lowest BCUT2D eigenvalue weighted by molar-refractivity contribution is -0.143. The summed E-state index contributed by atoms with van der Waals surface area (Å²) < 4.78 is 5.34. The summed E-state index contributed by atoms with van der Waals surface area (Å²) in [5.41, 5.74) is 0. The van der Waals surface area contributed by atoms with Gasteiger partial charge in [-0.15, -0.1) is 0 Å². The molecule has 0 radical (unpaired) electrons. The molecule has 0 aliphatic heterocycles. The number of carbonyl (C=O) groups is 2. The van der Waals surface area contributed by atoms with Crippen LogP contribution in [0.5, 0.6) is 0 Å². The van der Waals surface area contributed by atoms with Gasteiger partial charge in [-0.2, -0.15) is 0 Å². The van der Waals surface area contributed by atoms with Gasteiger partial charge in [0, 0.05) is 6.04 Å². The van der Waals surface area contributed by atoms with E-state index in [2.05, 4.69) is 0 Å². The molecule has 0 unspecified atom stereocenters. The zero-order valence-corrected chi connectivity index (χ0v) is 11.3. The zero-order chi connectivity index (χ0) is 14.1. The van der Waals surface area contributed by atoms with Crippen molar-refractivity contribution >= 4 is 11.9 Å². The number of rotatable bonds is 5. The lowest BCUT2D eigenvalue weighted by Crippen LogP contribution is -2.39. The van der Waals surface area contributed by atoms with Gasteiger partial charge in [0.05, 0.1) is 24.6 Å². The summed E-state index contributed by atoms with van der Waals surface area (Å²) in [6.45, 7) is 0.458. The Balaban J connectivity index is 1.71. The molecule has 0 bridgehead atoms. The van der Waals surface area contributed by atoms with Crippen LogP contribution in [0.15, 0.2) is 22.8 Å². The Morgan fingerprint density at radius 3 is 2.60 bits per heavy atom. The molecule has 1 amide bonds. The number of carboxylic acid groups (broad SMARTS) is 1. The molecule has 1 N–H and O–H groups in total. The highest BCUT2D eigenvalue weighted by Crippen LogP contribution is 2.41. The van der Waals surface area contributed by atoms with Gasteiger partial charge in [0.2, 0.25) is 5.91 Å². The fraction of sp³-hybridized carbons (Fsp3) is 0.600. The van der Waals surface area contributed by atoms with Crippen molar-refractivity contribution in [1.82, 2.24) is 4.90 Å². The van der Waals surface area contributed by atoms with E-state index in [-0.39, 0.29) is 17.9 Å². The van der Waals surface area contributed by atoms with Crippen molar-refractivity contribution in [1.29, 1.82) is 0 Å². The SMILES string of the molecule is O=C(O)[C@H]1C[C@H]1C(=O)N(Cc1ccco1)C1CCCC1. The first-order chi connectivity index (χ1) is 9.66. The minimum atomic E-state index is -0.854. The van der Waals surface area contributed by atoms with Crippen LogP contribution in [0.4, 0.5) is 0 Å². The van der Waals surface area contributed by atoms with Crippen molar-refractivity contribution in [2.45, 2.75) is 44.7 Å². The van der Waals surface area contributed by atoms with Gasteiger partial charge in [0.25, 0.3) is 0 Å². The average Bonchev–Trinajstić information content (AvgIpc) is 2.84. The molecule has 1 heterocycles. The van der Waals surface area contributed by atoms with E-state index in [9.17, 15) is 9.59 Å². The predicted octanol–water partition coefficient (Wildman–Crippen LogP) is 2.27. The van der Waals surface area contributed by atoms with Crippen LogP contribution in [-0.4, -0.2) is 27.9 Å². The van der Waals surface area contributed by atoms with E-state index in [0.717, 1.165) is 31.4 Å². The number of nitrogens with zero attached hydrogens (tertiary/aromatic N) is 1. The van der Waals surface area contributed by atoms with Gasteiger partial charge in [-0.05, 0) is 31.4 Å². The topological polar surface area (TPSA) is 70.8 Å². The maximum Gasteiger partial charge on any atom is 0.307 e. The van der Waals surface area contributed by atoms with Crippen molar-refractivity contribution in [2.24, 2.45) is 11.8 Å². The standard InChI is InChI=1S/C15H19NO4/c17-14(12-8-13(12)15(18)19)16(10-4-1-2-5-10)9-11-6-3-7-20-11/h3,6-7,10,12-13H,1-2,4-5,8-9H2,(H,18,19)/t12-,13+/m1/s1. The molecule has 3 rings (SSSR count). The molecule has 2 aliphatic carbocycles. The molecule has 2 atom stereocenters. The molecule has 1 aromatic heterocycles. The third-order valence-electron chi connectivity index (χ3n) is 4.38. The summed E-state index contributed by atoms with van der Waals surface area (Å²) in [4.78, 5) is 25.3. The van der Waals surface area contributed by atoms with Crippen molar-refractivity contribution in [3.63, 3.8) is 0 Å². The molecule has 5 nitrogen and oxygen atoms in total. The number of carboxylic acids is 1. The fourth-order valence-electron chi connectivity index (χ4n) is 3.13. The van der Waals surface area contributed by atoms with Gasteiger partial charge in [-0.1, -0.05) is 12.8 Å². The van der Waals surface area contributed by atoms with Gasteiger partial charge >= 0.3 is 5.97 Å². The number of carbonyl (C=O) groups excluding carboxylic acids is 1. The number of aliphatic carboxylic acids is 1. The Kier molecular flexibility index (Phi) is 3.51. The number of hydrogen-bond acceptors (Lipinski definition) is 3. The zero-order valence-electron chi connectivity index (χ0n) is 11.3. The summed E-state index contributed by atoms with van der Waals surface area (Å²) in [6, 6.07) is 3.91. The lowest BCUT2D eigenvalue weighted by Gasteiger charge is -2.28. The maximum absolute atomic E-state index is 12.6. The number of furan rings is 1. The van der Waals surface area contributed by atoms with Crippen LogP contribution in [0.3, 0.4) is 0 Å². The minimum absolute atomic E-state index is 0.0132. The molecule has 20 heavy (non-hydrogen) atoms. The summed E-state index contributed by atoms with van der Waals surface area (Å²) in [7, 11) is 0. The summed E-state index contributed by atoms with van der Waals surface area (Å²) in [5, 5.41) is 8.99. The number of hydrogen-bond donors (Lipinski definition) is 1. The molecule has 0 aromatic carbocycles. The lowest BCUT2D eigenvalue weighted by atomic mass is 10.1. The Labute approximate surface area is 117 Å². The smallest absolute Gasteiger partial charge is 0.307 e. The largest absolute Gasteiger partial charge is 0.481 e. The molecule has 108 valence electrons. The van der Waals surface area contributed by atoms with Crippen LogP contribution in [0.2, 0.25) is 0 Å². The van der Waals surface area contributed by atoms with Crippen LogP contribution in [0.25, 0.3) is 0 Å². The third-order valence-corrected chi connectivity index (χ3v) is 4.38. The Morgan fingerprint density at radius 1 is 1.30 bits per heavy atom. The molecule has 2 aliphatic rings. The van der Waals surface area contributed by atoms with Gasteiger partial charge in [0.15, 0.2) is 0 Å². The molecule has 2 saturated carbocycles. The quantitative estimate of drug-likeness (QED) is 0.896. The molecule has 0 saturated heterocycles. The summed E-state index contributed by atoms with van der Waals surface area (Å²) in [5.74, 6) is -0.919. The highest BCUT2D eigenvalue weighted by atomic mass is 16.4. The van der Waals surface area contributed by atoms with Crippen LogP contribution < -0.4 is 0 Å². The van der Waals surface area contributed by atoms with Crippen LogP contribution in [0, 0.1) is 11.8 Å². The molecule has 1 aromatic rings. The Hall–Kier alpha value is -1.78.